The minimum atomic E-state index is -0.770. The first-order valence-corrected chi connectivity index (χ1v) is 12.6. The molecular weight excluding hydrogens is 464 g/mol. The maximum absolute atomic E-state index is 12.8. The molecule has 11 heteroatoms. The second kappa shape index (κ2) is 12.0. The average Bonchev–Trinajstić information content (AvgIpc) is 3.36. The van der Waals surface area contributed by atoms with Gasteiger partial charge in [-0.15, -0.1) is 0 Å². The highest BCUT2D eigenvalue weighted by molar-refractivity contribution is 5.99. The van der Waals surface area contributed by atoms with Crippen LogP contribution < -0.4 is 26.4 Å². The number of urea groups is 1. The van der Waals surface area contributed by atoms with Crippen molar-refractivity contribution in [2.24, 2.45) is 5.92 Å². The Kier molecular flexibility index (Phi) is 9.00. The number of hydrogen-bond acceptors (Lipinski definition) is 6. The SMILES string of the molecule is CCNC(=O)Nc1ccc(C(=O)NNC(=O)OC(C)(C)C)cc1N1CCN(C(=O)C2CCCC2)CC1. The number of nitrogens with zero attached hydrogens (tertiary/aromatic N) is 2. The average molecular weight is 503 g/mol. The summed E-state index contributed by atoms with van der Waals surface area (Å²) in [5.74, 6) is -0.160. The summed E-state index contributed by atoms with van der Waals surface area (Å²) in [6.07, 6.45) is 3.39. The Balaban J connectivity index is 1.71. The quantitative estimate of drug-likeness (QED) is 0.458. The summed E-state index contributed by atoms with van der Waals surface area (Å²) in [7, 11) is 0. The van der Waals surface area contributed by atoms with E-state index in [0.29, 0.717) is 49.7 Å². The Morgan fingerprint density at radius 2 is 1.67 bits per heavy atom. The zero-order valence-electron chi connectivity index (χ0n) is 21.6. The Morgan fingerprint density at radius 3 is 2.28 bits per heavy atom. The summed E-state index contributed by atoms with van der Waals surface area (Å²) >= 11 is 0. The number of ether oxygens (including phenoxy) is 1. The van der Waals surface area contributed by atoms with E-state index in [4.69, 9.17) is 4.74 Å². The molecule has 4 N–H and O–H groups in total. The van der Waals surface area contributed by atoms with Crippen molar-refractivity contribution in [2.75, 3.05) is 42.9 Å². The number of carbonyl (C=O) groups excluding carboxylic acids is 4. The number of hydrogen-bond donors (Lipinski definition) is 4. The summed E-state index contributed by atoms with van der Waals surface area (Å²) in [6, 6.07) is 4.54. The van der Waals surface area contributed by atoms with Gasteiger partial charge in [-0.2, -0.15) is 0 Å². The fourth-order valence-electron chi connectivity index (χ4n) is 4.45. The van der Waals surface area contributed by atoms with Crippen LogP contribution >= 0.6 is 0 Å². The van der Waals surface area contributed by atoms with Crippen molar-refractivity contribution in [2.45, 2.75) is 59.0 Å². The zero-order valence-corrected chi connectivity index (χ0v) is 21.6. The predicted molar refractivity (Wildman–Crippen MR) is 137 cm³/mol. The van der Waals surface area contributed by atoms with Gasteiger partial charge in [0.25, 0.3) is 5.91 Å². The van der Waals surface area contributed by atoms with Crippen LogP contribution in [0, 0.1) is 5.92 Å². The van der Waals surface area contributed by atoms with E-state index in [1.165, 1.54) is 0 Å². The van der Waals surface area contributed by atoms with Crippen LogP contribution in [-0.4, -0.2) is 67.2 Å². The molecule has 1 aliphatic carbocycles. The number of hydrazine groups is 1. The van der Waals surface area contributed by atoms with Gasteiger partial charge in [0.1, 0.15) is 5.60 Å². The van der Waals surface area contributed by atoms with Gasteiger partial charge < -0.3 is 25.2 Å². The van der Waals surface area contributed by atoms with Crippen LogP contribution in [0.5, 0.6) is 0 Å². The summed E-state index contributed by atoms with van der Waals surface area (Å²) in [5.41, 5.74) is 5.41. The summed E-state index contributed by atoms with van der Waals surface area (Å²) in [5, 5.41) is 5.54. The number of carbonyl (C=O) groups is 4. The highest BCUT2D eigenvalue weighted by atomic mass is 16.6. The van der Waals surface area contributed by atoms with Crippen molar-refractivity contribution in [1.82, 2.24) is 21.1 Å². The molecule has 0 aromatic heterocycles. The number of piperazine rings is 1. The molecule has 0 radical (unpaired) electrons. The number of nitrogens with one attached hydrogen (secondary N) is 4. The van der Waals surface area contributed by atoms with Crippen molar-refractivity contribution in [1.29, 1.82) is 0 Å². The minimum Gasteiger partial charge on any atom is -0.443 e. The van der Waals surface area contributed by atoms with Gasteiger partial charge in [-0.3, -0.25) is 15.0 Å². The number of benzene rings is 1. The van der Waals surface area contributed by atoms with Crippen molar-refractivity contribution < 1.29 is 23.9 Å². The molecule has 0 unspecified atom stereocenters. The third kappa shape index (κ3) is 7.50. The molecule has 0 spiro atoms. The van der Waals surface area contributed by atoms with E-state index in [-0.39, 0.29) is 17.9 Å². The third-order valence-electron chi connectivity index (χ3n) is 6.16. The lowest BCUT2D eigenvalue weighted by molar-refractivity contribution is -0.135. The molecule has 198 valence electrons. The van der Waals surface area contributed by atoms with Crippen molar-refractivity contribution in [3.8, 4) is 0 Å². The van der Waals surface area contributed by atoms with Crippen molar-refractivity contribution in [3.63, 3.8) is 0 Å². The van der Waals surface area contributed by atoms with Gasteiger partial charge in [0.15, 0.2) is 0 Å². The van der Waals surface area contributed by atoms with Crippen LogP contribution in [0.3, 0.4) is 0 Å². The van der Waals surface area contributed by atoms with Gasteiger partial charge in [-0.1, -0.05) is 12.8 Å². The predicted octanol–water partition coefficient (Wildman–Crippen LogP) is 2.84. The molecule has 0 atom stereocenters. The van der Waals surface area contributed by atoms with E-state index in [1.54, 1.807) is 39.0 Å². The largest absolute Gasteiger partial charge is 0.443 e. The molecule has 3 rings (SSSR count). The normalized spacial score (nSPS) is 16.3. The molecule has 1 saturated carbocycles. The summed E-state index contributed by atoms with van der Waals surface area (Å²) < 4.78 is 5.14. The number of rotatable bonds is 5. The Bertz CT molecular complexity index is 962. The molecule has 2 aliphatic rings. The number of amides is 5. The Labute approximate surface area is 212 Å². The molecule has 1 heterocycles. The van der Waals surface area contributed by atoms with Gasteiger partial charge in [-0.05, 0) is 58.7 Å². The van der Waals surface area contributed by atoms with E-state index < -0.39 is 17.6 Å². The van der Waals surface area contributed by atoms with Crippen molar-refractivity contribution in [3.05, 3.63) is 23.8 Å². The lowest BCUT2D eigenvalue weighted by Crippen LogP contribution is -2.50. The Hall–Kier alpha value is -3.50. The molecule has 1 aromatic rings. The van der Waals surface area contributed by atoms with Crippen LogP contribution in [0.4, 0.5) is 21.0 Å². The summed E-state index contributed by atoms with van der Waals surface area (Å²) in [4.78, 5) is 53.6. The fraction of sp³-hybridized carbons (Fsp3) is 0.600. The van der Waals surface area contributed by atoms with Crippen LogP contribution in [0.15, 0.2) is 18.2 Å². The topological polar surface area (TPSA) is 132 Å². The zero-order chi connectivity index (χ0) is 26.3. The van der Waals surface area contributed by atoms with Gasteiger partial charge in [0, 0.05) is 44.2 Å². The molecule has 11 nitrogen and oxygen atoms in total. The second-order valence-electron chi connectivity index (χ2n) is 10.1. The van der Waals surface area contributed by atoms with Crippen LogP contribution in [0.1, 0.15) is 63.7 Å². The minimum absolute atomic E-state index is 0.135. The first-order chi connectivity index (χ1) is 17.1. The van der Waals surface area contributed by atoms with E-state index in [9.17, 15) is 19.2 Å². The van der Waals surface area contributed by atoms with E-state index >= 15 is 0 Å². The van der Waals surface area contributed by atoms with Gasteiger partial charge >= 0.3 is 12.1 Å². The number of anilines is 2. The highest BCUT2D eigenvalue weighted by Gasteiger charge is 2.30. The molecule has 2 fully saturated rings. The third-order valence-corrected chi connectivity index (χ3v) is 6.16. The fourth-order valence-corrected chi connectivity index (χ4v) is 4.45. The first-order valence-electron chi connectivity index (χ1n) is 12.6. The lowest BCUT2D eigenvalue weighted by Gasteiger charge is -2.38. The first kappa shape index (κ1) is 27.1. The molecule has 0 bridgehead atoms. The van der Waals surface area contributed by atoms with E-state index in [2.05, 4.69) is 26.4 Å². The molecule has 1 aliphatic heterocycles. The van der Waals surface area contributed by atoms with Gasteiger partial charge in [-0.25, -0.2) is 15.0 Å². The molecule has 5 amide bonds. The van der Waals surface area contributed by atoms with Crippen LogP contribution in [-0.2, 0) is 9.53 Å². The lowest BCUT2D eigenvalue weighted by atomic mass is 10.1. The Morgan fingerprint density at radius 1 is 1.00 bits per heavy atom. The van der Waals surface area contributed by atoms with Crippen molar-refractivity contribution >= 4 is 35.3 Å². The smallest absolute Gasteiger partial charge is 0.426 e. The summed E-state index contributed by atoms with van der Waals surface area (Å²) in [6.45, 7) is 9.77. The maximum atomic E-state index is 12.8. The molecular formula is C25H38N6O5. The van der Waals surface area contributed by atoms with Gasteiger partial charge in [0.05, 0.1) is 11.4 Å². The molecule has 36 heavy (non-hydrogen) atoms. The monoisotopic (exact) mass is 502 g/mol. The van der Waals surface area contributed by atoms with Crippen LogP contribution in [0.2, 0.25) is 0 Å². The molecule has 1 aromatic carbocycles. The molecule has 1 saturated heterocycles. The maximum Gasteiger partial charge on any atom is 0.426 e. The second-order valence-corrected chi connectivity index (χ2v) is 10.1. The van der Waals surface area contributed by atoms with Crippen LogP contribution in [0.25, 0.3) is 0 Å². The standard InChI is InChI=1S/C25H38N6O5/c1-5-26-23(34)27-19-11-10-18(21(32)28-29-24(35)36-25(2,3)4)16-20(19)30-12-14-31(15-13-30)22(33)17-8-6-7-9-17/h10-11,16-17H,5-9,12-15H2,1-4H3,(H,28,32)(H,29,35)(H2,26,27,34). The highest BCUT2D eigenvalue weighted by Crippen LogP contribution is 2.30. The van der Waals surface area contributed by atoms with E-state index in [1.807, 2.05) is 11.8 Å². The van der Waals surface area contributed by atoms with E-state index in [0.717, 1.165) is 25.7 Å². The van der Waals surface area contributed by atoms with Gasteiger partial charge in [0.2, 0.25) is 5.91 Å².